The van der Waals surface area contributed by atoms with Crippen LogP contribution in [0.25, 0.3) is 0 Å². The van der Waals surface area contributed by atoms with Crippen LogP contribution in [0.2, 0.25) is 0 Å². The van der Waals surface area contributed by atoms with Crippen LogP contribution in [0.15, 0.2) is 17.8 Å². The van der Waals surface area contributed by atoms with Crippen LogP contribution in [-0.2, 0) is 9.59 Å². The smallest absolute Gasteiger partial charge is 0.270 e. The highest BCUT2D eigenvalue weighted by Crippen LogP contribution is 2.07. The summed E-state index contributed by atoms with van der Waals surface area (Å²) in [7, 11) is 0. The Labute approximate surface area is 106 Å². The SMILES string of the molecule is C=CCN1CCN(C(=O)C2=NNC(=O)CC2)CC1. The molecule has 1 fully saturated rings. The number of nitrogens with one attached hydrogen (secondary N) is 1. The number of carbonyl (C=O) groups is 2. The van der Waals surface area contributed by atoms with Crippen molar-refractivity contribution in [1.82, 2.24) is 15.2 Å². The van der Waals surface area contributed by atoms with E-state index in [0.717, 1.165) is 19.6 Å². The molecule has 0 spiro atoms. The molecule has 2 aliphatic heterocycles. The Hall–Kier alpha value is -1.69. The van der Waals surface area contributed by atoms with Crippen molar-refractivity contribution in [2.75, 3.05) is 32.7 Å². The Morgan fingerprint density at radius 2 is 2.06 bits per heavy atom. The van der Waals surface area contributed by atoms with Gasteiger partial charge in [-0.3, -0.25) is 14.5 Å². The van der Waals surface area contributed by atoms with Crippen LogP contribution in [0.3, 0.4) is 0 Å². The van der Waals surface area contributed by atoms with E-state index in [1.165, 1.54) is 0 Å². The highest BCUT2D eigenvalue weighted by Gasteiger charge is 2.26. The van der Waals surface area contributed by atoms with E-state index in [-0.39, 0.29) is 11.8 Å². The molecule has 0 unspecified atom stereocenters. The van der Waals surface area contributed by atoms with Gasteiger partial charge >= 0.3 is 0 Å². The number of hydrazone groups is 1. The standard InChI is InChI=1S/C12H18N4O2/c1-2-5-15-6-8-16(9-7-15)12(18)10-3-4-11(17)14-13-10/h2H,1,3-9H2,(H,14,17). The van der Waals surface area contributed by atoms with E-state index >= 15 is 0 Å². The summed E-state index contributed by atoms with van der Waals surface area (Å²) in [5.74, 6) is -0.171. The van der Waals surface area contributed by atoms with E-state index in [0.29, 0.717) is 31.6 Å². The molecular weight excluding hydrogens is 232 g/mol. The van der Waals surface area contributed by atoms with E-state index in [1.807, 2.05) is 6.08 Å². The fraction of sp³-hybridized carbons (Fsp3) is 0.583. The molecule has 0 aromatic carbocycles. The number of amides is 2. The molecule has 0 aromatic heterocycles. The lowest BCUT2D eigenvalue weighted by Crippen LogP contribution is -2.51. The Morgan fingerprint density at radius 1 is 1.33 bits per heavy atom. The Bertz CT molecular complexity index is 384. The second-order valence-electron chi connectivity index (χ2n) is 4.47. The van der Waals surface area contributed by atoms with Gasteiger partial charge in [0.15, 0.2) is 0 Å². The molecule has 1 saturated heterocycles. The average molecular weight is 250 g/mol. The topological polar surface area (TPSA) is 65.0 Å². The molecule has 0 aliphatic carbocycles. The number of hydrogen-bond donors (Lipinski definition) is 1. The molecule has 0 atom stereocenters. The van der Waals surface area contributed by atoms with E-state index in [2.05, 4.69) is 22.0 Å². The molecule has 2 amide bonds. The highest BCUT2D eigenvalue weighted by atomic mass is 16.2. The fourth-order valence-corrected chi connectivity index (χ4v) is 2.13. The number of hydrogen-bond acceptors (Lipinski definition) is 4. The zero-order valence-electron chi connectivity index (χ0n) is 10.4. The zero-order chi connectivity index (χ0) is 13.0. The summed E-state index contributed by atoms with van der Waals surface area (Å²) < 4.78 is 0. The van der Waals surface area contributed by atoms with Crippen LogP contribution in [0.5, 0.6) is 0 Å². The second-order valence-corrected chi connectivity index (χ2v) is 4.47. The monoisotopic (exact) mass is 250 g/mol. The van der Waals surface area contributed by atoms with Gasteiger partial charge in [-0.05, 0) is 0 Å². The van der Waals surface area contributed by atoms with Crippen molar-refractivity contribution in [3.05, 3.63) is 12.7 Å². The lowest BCUT2D eigenvalue weighted by molar-refractivity contribution is -0.126. The van der Waals surface area contributed by atoms with Gasteiger partial charge in [0.05, 0.1) is 0 Å². The van der Waals surface area contributed by atoms with Gasteiger partial charge in [0.1, 0.15) is 5.71 Å². The summed E-state index contributed by atoms with van der Waals surface area (Å²) in [6, 6.07) is 0. The molecule has 98 valence electrons. The number of rotatable bonds is 3. The molecule has 2 heterocycles. The van der Waals surface area contributed by atoms with Crippen LogP contribution in [0.1, 0.15) is 12.8 Å². The van der Waals surface area contributed by atoms with Crippen LogP contribution >= 0.6 is 0 Å². The predicted molar refractivity (Wildman–Crippen MR) is 68.0 cm³/mol. The van der Waals surface area contributed by atoms with Gasteiger partial charge < -0.3 is 4.90 Å². The highest BCUT2D eigenvalue weighted by molar-refractivity contribution is 6.39. The fourth-order valence-electron chi connectivity index (χ4n) is 2.13. The molecule has 0 radical (unpaired) electrons. The lowest BCUT2D eigenvalue weighted by Gasteiger charge is -2.34. The average Bonchev–Trinajstić information content (AvgIpc) is 2.40. The van der Waals surface area contributed by atoms with Crippen LogP contribution in [0, 0.1) is 0 Å². The van der Waals surface area contributed by atoms with Gasteiger partial charge in [0.25, 0.3) is 5.91 Å². The van der Waals surface area contributed by atoms with Gasteiger partial charge in [0, 0.05) is 45.6 Å². The first-order valence-electron chi connectivity index (χ1n) is 6.18. The van der Waals surface area contributed by atoms with Crippen LogP contribution in [-0.4, -0.2) is 60.0 Å². The van der Waals surface area contributed by atoms with Crippen LogP contribution in [0.4, 0.5) is 0 Å². The maximum absolute atomic E-state index is 12.1. The molecule has 2 aliphatic rings. The van der Waals surface area contributed by atoms with E-state index < -0.39 is 0 Å². The molecule has 0 bridgehead atoms. The van der Waals surface area contributed by atoms with Crippen molar-refractivity contribution < 1.29 is 9.59 Å². The Balaban J connectivity index is 1.87. The third-order valence-electron chi connectivity index (χ3n) is 3.20. The minimum atomic E-state index is -0.123. The van der Waals surface area contributed by atoms with Gasteiger partial charge in [0.2, 0.25) is 5.91 Å². The summed E-state index contributed by atoms with van der Waals surface area (Å²) >= 11 is 0. The quantitative estimate of drug-likeness (QED) is 0.692. The minimum absolute atomic E-state index is 0.0479. The molecule has 6 heteroatoms. The van der Waals surface area contributed by atoms with E-state index in [1.54, 1.807) is 4.90 Å². The van der Waals surface area contributed by atoms with Crippen LogP contribution < -0.4 is 5.43 Å². The molecule has 6 nitrogen and oxygen atoms in total. The lowest BCUT2D eigenvalue weighted by atomic mass is 10.1. The van der Waals surface area contributed by atoms with Crippen molar-refractivity contribution in [3.8, 4) is 0 Å². The van der Waals surface area contributed by atoms with Gasteiger partial charge in [-0.15, -0.1) is 6.58 Å². The van der Waals surface area contributed by atoms with Gasteiger partial charge in [-0.2, -0.15) is 5.10 Å². The first kappa shape index (κ1) is 12.8. The Morgan fingerprint density at radius 3 is 2.61 bits per heavy atom. The number of carbonyl (C=O) groups excluding carboxylic acids is 2. The van der Waals surface area contributed by atoms with Gasteiger partial charge in [-0.25, -0.2) is 5.43 Å². The third kappa shape index (κ3) is 2.95. The van der Waals surface area contributed by atoms with Crippen molar-refractivity contribution in [1.29, 1.82) is 0 Å². The molecular formula is C12H18N4O2. The predicted octanol–water partition coefficient (Wildman–Crippen LogP) is -0.417. The van der Waals surface area contributed by atoms with E-state index in [4.69, 9.17) is 0 Å². The van der Waals surface area contributed by atoms with Gasteiger partial charge in [-0.1, -0.05) is 6.08 Å². The Kier molecular flexibility index (Phi) is 4.09. The van der Waals surface area contributed by atoms with E-state index in [9.17, 15) is 9.59 Å². The first-order chi connectivity index (χ1) is 8.70. The summed E-state index contributed by atoms with van der Waals surface area (Å²) in [4.78, 5) is 27.1. The normalized spacial score (nSPS) is 21.2. The van der Waals surface area contributed by atoms with Crippen molar-refractivity contribution in [2.45, 2.75) is 12.8 Å². The maximum atomic E-state index is 12.1. The summed E-state index contributed by atoms with van der Waals surface area (Å²) in [6.07, 6.45) is 2.66. The summed E-state index contributed by atoms with van der Waals surface area (Å²) in [5.41, 5.74) is 2.82. The largest absolute Gasteiger partial charge is 0.335 e. The summed E-state index contributed by atoms with van der Waals surface area (Å²) in [6.45, 7) is 7.70. The number of piperazine rings is 1. The zero-order valence-corrected chi connectivity index (χ0v) is 10.4. The molecule has 0 aromatic rings. The molecule has 0 saturated carbocycles. The van der Waals surface area contributed by atoms with Crippen molar-refractivity contribution in [2.24, 2.45) is 5.10 Å². The molecule has 2 rings (SSSR count). The maximum Gasteiger partial charge on any atom is 0.270 e. The first-order valence-corrected chi connectivity index (χ1v) is 6.18. The summed E-state index contributed by atoms with van der Waals surface area (Å²) in [5, 5.41) is 3.84. The second kappa shape index (κ2) is 5.77. The molecule has 1 N–H and O–H groups in total. The van der Waals surface area contributed by atoms with Crippen molar-refractivity contribution in [3.63, 3.8) is 0 Å². The van der Waals surface area contributed by atoms with Crippen molar-refractivity contribution >= 4 is 17.5 Å². The minimum Gasteiger partial charge on any atom is -0.335 e. The third-order valence-corrected chi connectivity index (χ3v) is 3.20. The molecule has 18 heavy (non-hydrogen) atoms. The number of nitrogens with zero attached hydrogens (tertiary/aromatic N) is 3.